The zero-order valence-corrected chi connectivity index (χ0v) is 25.3. The van der Waals surface area contributed by atoms with Gasteiger partial charge in [-0.25, -0.2) is 4.98 Å². The number of ether oxygens (including phenoxy) is 1. The predicted octanol–water partition coefficient (Wildman–Crippen LogP) is 5.74. The number of piperidine rings is 1. The van der Waals surface area contributed by atoms with Gasteiger partial charge in [-0.3, -0.25) is 14.6 Å². The SMILES string of the molecule is CCC(=O)CCCCCC(NC(=O)C1=NOC2(CCN(C)CC2)C1)c1ncc(-c2ccc(-c3cccnc3)cc2OC)o1. The van der Waals surface area contributed by atoms with Crippen LogP contribution in [-0.4, -0.2) is 65.1 Å². The fourth-order valence-electron chi connectivity index (χ4n) is 5.64. The van der Waals surface area contributed by atoms with Crippen LogP contribution in [0.1, 0.15) is 76.6 Å². The average Bonchev–Trinajstić information content (AvgIpc) is 3.70. The first kappa shape index (κ1) is 30.4. The van der Waals surface area contributed by atoms with Gasteiger partial charge >= 0.3 is 0 Å². The molecule has 4 heterocycles. The van der Waals surface area contributed by atoms with Gasteiger partial charge in [-0.1, -0.05) is 37.1 Å². The lowest BCUT2D eigenvalue weighted by atomic mass is 9.87. The summed E-state index contributed by atoms with van der Waals surface area (Å²) in [6, 6.07) is 9.31. The Balaban J connectivity index is 1.31. The Morgan fingerprint density at radius 1 is 1.12 bits per heavy atom. The molecule has 43 heavy (non-hydrogen) atoms. The molecule has 1 unspecified atom stereocenters. The third-order valence-electron chi connectivity index (χ3n) is 8.43. The number of nitrogens with one attached hydrogen (secondary N) is 1. The fraction of sp³-hybridized carbons (Fsp3) is 0.485. The largest absolute Gasteiger partial charge is 0.496 e. The van der Waals surface area contributed by atoms with E-state index in [9.17, 15) is 9.59 Å². The quantitative estimate of drug-likeness (QED) is 0.252. The molecule has 0 radical (unpaired) electrons. The number of methoxy groups -OCH3 is 1. The van der Waals surface area contributed by atoms with Gasteiger partial charge in [0.1, 0.15) is 28.9 Å². The number of unbranched alkanes of at least 4 members (excludes halogenated alkanes) is 2. The van der Waals surface area contributed by atoms with Crippen LogP contribution in [0, 0.1) is 0 Å². The zero-order valence-electron chi connectivity index (χ0n) is 25.3. The van der Waals surface area contributed by atoms with Crippen molar-refractivity contribution in [1.82, 2.24) is 20.2 Å². The standard InChI is InChI=1S/C33H41N5O5/c1-4-25(39)10-6-5-7-11-27(36-31(40)28-20-33(43-37-28)14-17-38(2)18-15-33)32-35-22-30(42-32)26-13-12-23(19-29(26)41-3)24-9-8-16-34-21-24/h8-9,12-13,16,19,21-22,27H,4-7,10-11,14-15,17-18,20H2,1-3H3,(H,36,40). The number of nitrogens with zero attached hydrogens (tertiary/aromatic N) is 4. The molecular weight excluding hydrogens is 546 g/mol. The molecule has 1 amide bonds. The smallest absolute Gasteiger partial charge is 0.269 e. The Morgan fingerprint density at radius 2 is 1.95 bits per heavy atom. The molecule has 228 valence electrons. The van der Waals surface area contributed by atoms with Crippen molar-refractivity contribution in [2.45, 2.75) is 76.4 Å². The van der Waals surface area contributed by atoms with Crippen LogP contribution in [-0.2, 0) is 14.4 Å². The van der Waals surface area contributed by atoms with Crippen LogP contribution in [0.25, 0.3) is 22.5 Å². The second kappa shape index (κ2) is 13.9. The van der Waals surface area contributed by atoms with Gasteiger partial charge in [-0.15, -0.1) is 0 Å². The van der Waals surface area contributed by atoms with Crippen molar-refractivity contribution in [3.8, 4) is 28.2 Å². The van der Waals surface area contributed by atoms with E-state index in [1.807, 2.05) is 37.3 Å². The van der Waals surface area contributed by atoms with E-state index < -0.39 is 11.6 Å². The number of carbonyl (C=O) groups excluding carboxylic acids is 2. The molecule has 2 aliphatic heterocycles. The Labute approximate surface area is 252 Å². The molecule has 2 aromatic heterocycles. The molecule has 0 saturated carbocycles. The van der Waals surface area contributed by atoms with Gasteiger partial charge in [0.25, 0.3) is 5.91 Å². The summed E-state index contributed by atoms with van der Waals surface area (Å²) in [4.78, 5) is 42.0. The van der Waals surface area contributed by atoms with E-state index >= 15 is 0 Å². The van der Waals surface area contributed by atoms with Crippen molar-refractivity contribution in [2.24, 2.45) is 5.16 Å². The molecule has 1 atom stereocenters. The molecule has 1 saturated heterocycles. The number of ketones is 1. The average molecular weight is 588 g/mol. The minimum absolute atomic E-state index is 0.264. The maximum Gasteiger partial charge on any atom is 0.269 e. The number of pyridine rings is 1. The minimum atomic E-state index is -0.458. The van der Waals surface area contributed by atoms with E-state index in [1.165, 1.54) is 0 Å². The fourth-order valence-corrected chi connectivity index (χ4v) is 5.64. The van der Waals surface area contributed by atoms with E-state index in [1.54, 1.807) is 25.7 Å². The summed E-state index contributed by atoms with van der Waals surface area (Å²) >= 11 is 0. The molecule has 1 spiro atoms. The highest BCUT2D eigenvalue weighted by molar-refractivity contribution is 6.39. The van der Waals surface area contributed by atoms with Crippen molar-refractivity contribution in [1.29, 1.82) is 0 Å². The number of hydrogen-bond acceptors (Lipinski definition) is 9. The molecule has 0 aliphatic carbocycles. The second-order valence-electron chi connectivity index (χ2n) is 11.5. The Kier molecular flexibility index (Phi) is 9.86. The number of benzene rings is 1. The van der Waals surface area contributed by atoms with Gasteiger partial charge in [0.15, 0.2) is 5.76 Å². The van der Waals surface area contributed by atoms with E-state index in [-0.39, 0.29) is 11.7 Å². The Hall–Kier alpha value is -4.05. The molecule has 1 N–H and O–H groups in total. The number of amides is 1. The highest BCUT2D eigenvalue weighted by Gasteiger charge is 2.43. The monoisotopic (exact) mass is 587 g/mol. The highest BCUT2D eigenvalue weighted by atomic mass is 16.7. The maximum absolute atomic E-state index is 13.4. The summed E-state index contributed by atoms with van der Waals surface area (Å²) in [5.41, 5.74) is 2.73. The lowest BCUT2D eigenvalue weighted by molar-refractivity contribution is -0.119. The summed E-state index contributed by atoms with van der Waals surface area (Å²) in [6.07, 6.45) is 11.7. The summed E-state index contributed by atoms with van der Waals surface area (Å²) in [6.45, 7) is 3.72. The van der Waals surface area contributed by atoms with Gasteiger partial charge < -0.3 is 24.2 Å². The van der Waals surface area contributed by atoms with Crippen LogP contribution < -0.4 is 10.1 Å². The van der Waals surface area contributed by atoms with E-state index in [0.717, 1.165) is 61.9 Å². The molecule has 0 bridgehead atoms. The lowest BCUT2D eigenvalue weighted by Crippen LogP contribution is -2.44. The van der Waals surface area contributed by atoms with Crippen LogP contribution in [0.15, 0.2) is 58.5 Å². The van der Waals surface area contributed by atoms with Gasteiger partial charge in [-0.2, -0.15) is 0 Å². The number of oxime groups is 1. The summed E-state index contributed by atoms with van der Waals surface area (Å²) in [7, 11) is 3.71. The van der Waals surface area contributed by atoms with E-state index in [0.29, 0.717) is 48.8 Å². The molecular formula is C33H41N5O5. The van der Waals surface area contributed by atoms with Crippen LogP contribution >= 0.6 is 0 Å². The van der Waals surface area contributed by atoms with Crippen molar-refractivity contribution in [2.75, 3.05) is 27.2 Å². The number of aromatic nitrogens is 2. The third-order valence-corrected chi connectivity index (χ3v) is 8.43. The van der Waals surface area contributed by atoms with Crippen LogP contribution in [0.5, 0.6) is 5.75 Å². The summed E-state index contributed by atoms with van der Waals surface area (Å²) in [5, 5.41) is 7.33. The molecule has 2 aliphatic rings. The molecule has 10 heteroatoms. The Bertz CT molecular complexity index is 1430. The third kappa shape index (κ3) is 7.48. The van der Waals surface area contributed by atoms with Crippen LogP contribution in [0.2, 0.25) is 0 Å². The van der Waals surface area contributed by atoms with E-state index in [4.69, 9.17) is 14.0 Å². The number of Topliss-reactive ketones (excluding diaryl/α,β-unsaturated/α-hetero) is 1. The normalized spacial score (nSPS) is 16.9. The molecule has 1 fully saturated rings. The molecule has 5 rings (SSSR count). The van der Waals surface area contributed by atoms with E-state index in [2.05, 4.69) is 32.4 Å². The van der Waals surface area contributed by atoms with Gasteiger partial charge in [0.2, 0.25) is 5.89 Å². The zero-order chi connectivity index (χ0) is 30.2. The molecule has 3 aromatic rings. The maximum atomic E-state index is 13.4. The van der Waals surface area contributed by atoms with Crippen LogP contribution in [0.3, 0.4) is 0 Å². The minimum Gasteiger partial charge on any atom is -0.496 e. The van der Waals surface area contributed by atoms with Crippen molar-refractivity contribution in [3.63, 3.8) is 0 Å². The topological polar surface area (TPSA) is 119 Å². The van der Waals surface area contributed by atoms with Gasteiger partial charge in [0, 0.05) is 63.2 Å². The molecule has 1 aromatic carbocycles. The first-order chi connectivity index (χ1) is 20.9. The second-order valence-corrected chi connectivity index (χ2v) is 11.5. The van der Waals surface area contributed by atoms with Crippen molar-refractivity contribution in [3.05, 3.63) is 54.8 Å². The summed E-state index contributed by atoms with van der Waals surface area (Å²) < 4.78 is 12.0. The highest BCUT2D eigenvalue weighted by Crippen LogP contribution is 2.37. The van der Waals surface area contributed by atoms with Crippen molar-refractivity contribution < 1.29 is 23.6 Å². The summed E-state index contributed by atoms with van der Waals surface area (Å²) in [5.74, 6) is 1.61. The number of rotatable bonds is 13. The number of oxazole rings is 1. The first-order valence-electron chi connectivity index (χ1n) is 15.2. The first-order valence-corrected chi connectivity index (χ1v) is 15.2. The van der Waals surface area contributed by atoms with Crippen LogP contribution in [0.4, 0.5) is 0 Å². The van der Waals surface area contributed by atoms with Gasteiger partial charge in [-0.05, 0) is 43.7 Å². The van der Waals surface area contributed by atoms with Gasteiger partial charge in [0.05, 0.1) is 18.9 Å². The van der Waals surface area contributed by atoms with Crippen molar-refractivity contribution >= 4 is 17.4 Å². The lowest BCUT2D eigenvalue weighted by Gasteiger charge is -2.35. The number of likely N-dealkylation sites (tertiary alicyclic amines) is 1. The molecule has 10 nitrogen and oxygen atoms in total. The Morgan fingerprint density at radius 3 is 2.70 bits per heavy atom. The number of carbonyl (C=O) groups is 2. The predicted molar refractivity (Wildman–Crippen MR) is 164 cm³/mol. The number of hydrogen-bond donors (Lipinski definition) is 1.